The number of pyridine rings is 1. The first kappa shape index (κ1) is 20.1. The summed E-state index contributed by atoms with van der Waals surface area (Å²) in [4.78, 5) is 7.12. The Hall–Kier alpha value is -3.18. The molecule has 0 aliphatic carbocycles. The number of ether oxygens (including phenoxy) is 1. The molecule has 0 saturated carbocycles. The molecule has 0 radical (unpaired) electrons. The van der Waals surface area contributed by atoms with Crippen molar-refractivity contribution in [3.05, 3.63) is 88.7 Å². The first-order valence-electron chi connectivity index (χ1n) is 10.2. The molecule has 0 fully saturated rings. The molecule has 0 unspecified atom stereocenters. The summed E-state index contributed by atoms with van der Waals surface area (Å²) in [5.74, 6) is 0.702. The quantitative estimate of drug-likeness (QED) is 0.447. The molecular formula is C25H28N4O. The Kier molecular flexibility index (Phi) is 5.81. The van der Waals surface area contributed by atoms with E-state index >= 15 is 0 Å². The average molecular weight is 401 g/mol. The van der Waals surface area contributed by atoms with Gasteiger partial charge in [-0.2, -0.15) is 5.10 Å². The molecule has 154 valence electrons. The molecule has 2 heterocycles. The Balaban J connectivity index is 1.61. The summed E-state index contributed by atoms with van der Waals surface area (Å²) in [5.41, 5.74) is 6.87. The molecule has 0 aliphatic rings. The van der Waals surface area contributed by atoms with E-state index in [1.807, 2.05) is 36.3 Å². The third kappa shape index (κ3) is 4.69. The van der Waals surface area contributed by atoms with Crippen LogP contribution in [0.1, 0.15) is 27.8 Å². The van der Waals surface area contributed by atoms with Crippen LogP contribution in [0.15, 0.2) is 60.9 Å². The molecule has 0 spiro atoms. The molecule has 4 rings (SSSR count). The smallest absolute Gasteiger partial charge is 0.218 e. The molecule has 0 aliphatic heterocycles. The van der Waals surface area contributed by atoms with Crippen LogP contribution in [0.2, 0.25) is 0 Å². The topological polar surface area (TPSA) is 43.2 Å². The second-order valence-electron chi connectivity index (χ2n) is 8.06. The zero-order valence-corrected chi connectivity index (χ0v) is 18.1. The van der Waals surface area contributed by atoms with Crippen LogP contribution in [0.25, 0.3) is 10.9 Å². The predicted molar refractivity (Wildman–Crippen MR) is 120 cm³/mol. The molecule has 2 aromatic carbocycles. The normalized spacial score (nSPS) is 11.4. The van der Waals surface area contributed by atoms with Crippen molar-refractivity contribution in [2.24, 2.45) is 7.05 Å². The molecule has 0 amide bonds. The lowest BCUT2D eigenvalue weighted by atomic mass is 10.1. The van der Waals surface area contributed by atoms with E-state index in [1.54, 1.807) is 0 Å². The second kappa shape index (κ2) is 8.67. The van der Waals surface area contributed by atoms with Crippen LogP contribution >= 0.6 is 0 Å². The van der Waals surface area contributed by atoms with E-state index in [-0.39, 0.29) is 0 Å². The largest absolute Gasteiger partial charge is 0.473 e. The van der Waals surface area contributed by atoms with Crippen molar-refractivity contribution in [2.45, 2.75) is 33.5 Å². The van der Waals surface area contributed by atoms with Crippen molar-refractivity contribution in [2.75, 3.05) is 7.05 Å². The van der Waals surface area contributed by atoms with Gasteiger partial charge in [0, 0.05) is 42.8 Å². The molecule has 2 aromatic heterocycles. The minimum atomic E-state index is 0.510. The van der Waals surface area contributed by atoms with Crippen LogP contribution in [-0.4, -0.2) is 26.7 Å². The number of aromatic nitrogens is 3. The molecule has 30 heavy (non-hydrogen) atoms. The third-order valence-electron chi connectivity index (χ3n) is 5.29. The van der Waals surface area contributed by atoms with Gasteiger partial charge < -0.3 is 4.74 Å². The standard InChI is InChI=1S/C25H28N4O/c1-18-9-10-24-22(11-18)12-23(16-28(3)14-20-13-26-29(4)15-20)25(27-24)30-17-21-8-6-5-7-19(21)2/h5-13,15H,14,16-17H2,1-4H3. The first-order valence-corrected chi connectivity index (χ1v) is 10.2. The van der Waals surface area contributed by atoms with Crippen LogP contribution in [0.5, 0.6) is 5.88 Å². The molecular weight excluding hydrogens is 372 g/mol. The van der Waals surface area contributed by atoms with E-state index in [2.05, 4.69) is 67.3 Å². The van der Waals surface area contributed by atoms with Crippen LogP contribution in [0, 0.1) is 13.8 Å². The van der Waals surface area contributed by atoms with Gasteiger partial charge >= 0.3 is 0 Å². The number of fused-ring (bicyclic) bond motifs is 1. The van der Waals surface area contributed by atoms with Gasteiger partial charge in [0.1, 0.15) is 6.61 Å². The van der Waals surface area contributed by atoms with E-state index in [4.69, 9.17) is 9.72 Å². The van der Waals surface area contributed by atoms with E-state index in [1.165, 1.54) is 22.3 Å². The summed E-state index contributed by atoms with van der Waals surface area (Å²) >= 11 is 0. The van der Waals surface area contributed by atoms with Crippen molar-refractivity contribution in [1.82, 2.24) is 19.7 Å². The van der Waals surface area contributed by atoms with Crippen molar-refractivity contribution in [3.63, 3.8) is 0 Å². The summed E-state index contributed by atoms with van der Waals surface area (Å²) in [5, 5.41) is 5.41. The predicted octanol–water partition coefficient (Wildman–Crippen LogP) is 4.80. The van der Waals surface area contributed by atoms with Crippen LogP contribution in [0.3, 0.4) is 0 Å². The van der Waals surface area contributed by atoms with Gasteiger partial charge in [0.15, 0.2) is 0 Å². The Morgan fingerprint density at radius 1 is 1.00 bits per heavy atom. The molecule has 0 bridgehead atoms. The summed E-state index contributed by atoms with van der Waals surface area (Å²) in [6.45, 7) is 6.29. The summed E-state index contributed by atoms with van der Waals surface area (Å²) in [7, 11) is 4.05. The molecule has 5 nitrogen and oxygen atoms in total. The monoisotopic (exact) mass is 400 g/mol. The Bertz CT molecular complexity index is 1160. The maximum atomic E-state index is 6.24. The highest BCUT2D eigenvalue weighted by Crippen LogP contribution is 2.26. The number of rotatable bonds is 7. The molecule has 4 aromatic rings. The zero-order valence-electron chi connectivity index (χ0n) is 18.1. The molecule has 5 heteroatoms. The lowest BCUT2D eigenvalue weighted by Gasteiger charge is -2.19. The number of aryl methyl sites for hydroxylation is 3. The number of hydrogen-bond acceptors (Lipinski definition) is 4. The Morgan fingerprint density at radius 2 is 1.83 bits per heavy atom. The lowest BCUT2D eigenvalue weighted by molar-refractivity contribution is 0.273. The van der Waals surface area contributed by atoms with Crippen LogP contribution in [-0.2, 0) is 26.7 Å². The lowest BCUT2D eigenvalue weighted by Crippen LogP contribution is -2.18. The van der Waals surface area contributed by atoms with E-state index in [0.717, 1.165) is 29.6 Å². The Labute approximate surface area is 177 Å². The van der Waals surface area contributed by atoms with Gasteiger partial charge in [-0.25, -0.2) is 4.98 Å². The van der Waals surface area contributed by atoms with Gasteiger partial charge in [-0.15, -0.1) is 0 Å². The fourth-order valence-electron chi connectivity index (χ4n) is 3.69. The fraction of sp³-hybridized carbons (Fsp3) is 0.280. The highest BCUT2D eigenvalue weighted by molar-refractivity contribution is 5.80. The SMILES string of the molecule is Cc1ccc2nc(OCc3ccccc3C)c(CN(C)Cc3cnn(C)c3)cc2c1. The highest BCUT2D eigenvalue weighted by atomic mass is 16.5. The van der Waals surface area contributed by atoms with Gasteiger partial charge in [0.25, 0.3) is 0 Å². The van der Waals surface area contributed by atoms with Crippen molar-refractivity contribution < 1.29 is 4.74 Å². The van der Waals surface area contributed by atoms with Crippen molar-refractivity contribution >= 4 is 10.9 Å². The number of hydrogen-bond donors (Lipinski definition) is 0. The maximum absolute atomic E-state index is 6.24. The molecule has 0 N–H and O–H groups in total. The summed E-state index contributed by atoms with van der Waals surface area (Å²) < 4.78 is 8.08. The number of benzene rings is 2. The summed E-state index contributed by atoms with van der Waals surface area (Å²) in [6.07, 6.45) is 3.96. The van der Waals surface area contributed by atoms with Crippen LogP contribution < -0.4 is 4.74 Å². The number of nitrogens with zero attached hydrogens (tertiary/aromatic N) is 4. The van der Waals surface area contributed by atoms with Gasteiger partial charge in [0.2, 0.25) is 5.88 Å². The minimum Gasteiger partial charge on any atom is -0.473 e. The zero-order chi connectivity index (χ0) is 21.1. The van der Waals surface area contributed by atoms with Crippen LogP contribution in [0.4, 0.5) is 0 Å². The Morgan fingerprint density at radius 3 is 2.60 bits per heavy atom. The third-order valence-corrected chi connectivity index (χ3v) is 5.29. The first-order chi connectivity index (χ1) is 14.5. The molecule has 0 atom stereocenters. The average Bonchev–Trinajstić information content (AvgIpc) is 3.11. The molecule has 0 saturated heterocycles. The van der Waals surface area contributed by atoms with E-state index < -0.39 is 0 Å². The van der Waals surface area contributed by atoms with Gasteiger partial charge in [-0.05, 0) is 50.2 Å². The van der Waals surface area contributed by atoms with Gasteiger partial charge in [-0.3, -0.25) is 9.58 Å². The highest BCUT2D eigenvalue weighted by Gasteiger charge is 2.13. The van der Waals surface area contributed by atoms with Crippen molar-refractivity contribution in [3.8, 4) is 5.88 Å². The maximum Gasteiger partial charge on any atom is 0.218 e. The second-order valence-corrected chi connectivity index (χ2v) is 8.06. The van der Waals surface area contributed by atoms with E-state index in [9.17, 15) is 0 Å². The van der Waals surface area contributed by atoms with E-state index in [0.29, 0.717) is 12.5 Å². The minimum absolute atomic E-state index is 0.510. The van der Waals surface area contributed by atoms with Gasteiger partial charge in [0.05, 0.1) is 11.7 Å². The summed E-state index contributed by atoms with van der Waals surface area (Å²) in [6, 6.07) is 16.9. The van der Waals surface area contributed by atoms with Crippen molar-refractivity contribution in [1.29, 1.82) is 0 Å². The van der Waals surface area contributed by atoms with Gasteiger partial charge in [-0.1, -0.05) is 35.9 Å². The fourth-order valence-corrected chi connectivity index (χ4v) is 3.69.